The van der Waals surface area contributed by atoms with Crippen LogP contribution in [0, 0.1) is 0 Å². The lowest BCUT2D eigenvalue weighted by atomic mass is 10.1. The number of fused-ring (bicyclic) bond motifs is 1. The van der Waals surface area contributed by atoms with Crippen LogP contribution in [0.15, 0.2) is 83.7 Å². The highest BCUT2D eigenvalue weighted by molar-refractivity contribution is 5.83. The van der Waals surface area contributed by atoms with E-state index >= 15 is 0 Å². The predicted octanol–water partition coefficient (Wildman–Crippen LogP) is 5.94. The first-order valence-corrected chi connectivity index (χ1v) is 11.9. The van der Waals surface area contributed by atoms with Gasteiger partial charge in [0.25, 0.3) is 5.56 Å². The Labute approximate surface area is 206 Å². The van der Waals surface area contributed by atoms with Crippen LogP contribution in [0.1, 0.15) is 24.0 Å². The third kappa shape index (κ3) is 5.39. The Morgan fingerprint density at radius 2 is 1.61 bits per heavy atom. The van der Waals surface area contributed by atoms with Crippen LogP contribution in [0.25, 0.3) is 10.9 Å². The second-order valence-electron chi connectivity index (χ2n) is 8.90. The Balaban J connectivity index is 1.40. The van der Waals surface area contributed by atoms with Crippen molar-refractivity contribution in [1.29, 1.82) is 0 Å². The zero-order chi connectivity index (χ0) is 25.1. The molecule has 1 aromatic heterocycles. The van der Waals surface area contributed by atoms with Crippen LogP contribution >= 0.6 is 0 Å². The summed E-state index contributed by atoms with van der Waals surface area (Å²) in [5.74, 6) is 0.808. The van der Waals surface area contributed by atoms with Gasteiger partial charge in [-0.25, -0.2) is 0 Å². The van der Waals surface area contributed by atoms with Crippen LogP contribution in [-0.4, -0.2) is 23.8 Å². The average molecular weight is 494 g/mol. The van der Waals surface area contributed by atoms with Gasteiger partial charge in [-0.3, -0.25) is 4.79 Å². The molecule has 5 nitrogen and oxygen atoms in total. The molecule has 186 valence electrons. The quantitative estimate of drug-likeness (QED) is 0.349. The van der Waals surface area contributed by atoms with Crippen molar-refractivity contribution in [1.82, 2.24) is 9.88 Å². The average Bonchev–Trinajstić information content (AvgIpc) is 2.87. The molecule has 1 saturated heterocycles. The molecule has 4 aromatic rings. The second kappa shape index (κ2) is 10.1. The van der Waals surface area contributed by atoms with Gasteiger partial charge in [-0.2, -0.15) is 13.2 Å². The van der Waals surface area contributed by atoms with E-state index in [1.54, 1.807) is 18.2 Å². The van der Waals surface area contributed by atoms with E-state index in [1.165, 1.54) is 22.8 Å². The van der Waals surface area contributed by atoms with Gasteiger partial charge in [0.1, 0.15) is 11.9 Å². The molecular weight excluding hydrogens is 467 g/mol. The smallest absolute Gasteiger partial charge is 0.416 e. The van der Waals surface area contributed by atoms with Crippen LogP contribution < -0.4 is 20.9 Å². The number of aromatic nitrogens is 1. The standard InChI is InChI=1S/C28H26F3N3O2/c29-28(30,31)25-4-2-1-3-20(25)18-34-26-17-22(7-5-19(26)6-12-27(34)35)33-21-8-10-23(11-9-21)36-24-13-15-32-16-14-24/h1-12,17,24,32-33H,13-16,18H2. The van der Waals surface area contributed by atoms with E-state index in [0.717, 1.165) is 54.5 Å². The molecule has 0 atom stereocenters. The maximum Gasteiger partial charge on any atom is 0.416 e. The maximum absolute atomic E-state index is 13.5. The summed E-state index contributed by atoms with van der Waals surface area (Å²) in [5, 5.41) is 7.39. The van der Waals surface area contributed by atoms with Gasteiger partial charge in [-0.1, -0.05) is 24.3 Å². The highest BCUT2D eigenvalue weighted by Gasteiger charge is 2.33. The molecule has 0 radical (unpaired) electrons. The van der Waals surface area contributed by atoms with Crippen LogP contribution in [0.5, 0.6) is 5.75 Å². The summed E-state index contributed by atoms with van der Waals surface area (Å²) in [4.78, 5) is 12.7. The number of hydrogen-bond donors (Lipinski definition) is 2. The molecule has 5 rings (SSSR count). The van der Waals surface area contributed by atoms with E-state index in [-0.39, 0.29) is 23.8 Å². The molecule has 0 bridgehead atoms. The zero-order valence-electron chi connectivity index (χ0n) is 19.5. The fraction of sp³-hybridized carbons (Fsp3) is 0.250. The number of piperidine rings is 1. The van der Waals surface area contributed by atoms with Crippen molar-refractivity contribution in [2.75, 3.05) is 18.4 Å². The highest BCUT2D eigenvalue weighted by atomic mass is 19.4. The molecule has 1 fully saturated rings. The molecule has 2 heterocycles. The number of hydrogen-bond acceptors (Lipinski definition) is 4. The number of ether oxygens (including phenoxy) is 1. The molecule has 2 N–H and O–H groups in total. The normalized spacial score (nSPS) is 14.6. The number of halogens is 3. The Morgan fingerprint density at radius 1 is 0.917 bits per heavy atom. The van der Waals surface area contributed by atoms with Crippen molar-refractivity contribution in [2.24, 2.45) is 0 Å². The van der Waals surface area contributed by atoms with Crippen molar-refractivity contribution < 1.29 is 17.9 Å². The fourth-order valence-corrected chi connectivity index (χ4v) is 4.52. The van der Waals surface area contributed by atoms with E-state index in [1.807, 2.05) is 36.4 Å². The molecule has 0 unspecified atom stereocenters. The summed E-state index contributed by atoms with van der Waals surface area (Å²) >= 11 is 0. The number of nitrogens with zero attached hydrogens (tertiary/aromatic N) is 1. The summed E-state index contributed by atoms with van der Waals surface area (Å²) < 4.78 is 48.0. The number of pyridine rings is 1. The highest BCUT2D eigenvalue weighted by Crippen LogP contribution is 2.32. The van der Waals surface area contributed by atoms with Crippen LogP contribution in [0.2, 0.25) is 0 Å². The lowest BCUT2D eigenvalue weighted by Crippen LogP contribution is -2.34. The van der Waals surface area contributed by atoms with Crippen LogP contribution in [-0.2, 0) is 12.7 Å². The number of alkyl halides is 3. The minimum atomic E-state index is -4.50. The minimum absolute atomic E-state index is 0.0438. The number of rotatable bonds is 6. The molecule has 0 saturated carbocycles. The number of nitrogens with one attached hydrogen (secondary N) is 2. The van der Waals surface area contributed by atoms with Gasteiger partial charge >= 0.3 is 6.18 Å². The van der Waals surface area contributed by atoms with E-state index in [9.17, 15) is 18.0 Å². The molecule has 0 amide bonds. The topological polar surface area (TPSA) is 55.3 Å². The van der Waals surface area contributed by atoms with Crippen molar-refractivity contribution in [3.8, 4) is 5.75 Å². The maximum atomic E-state index is 13.5. The van der Waals surface area contributed by atoms with Crippen molar-refractivity contribution >= 4 is 22.3 Å². The van der Waals surface area contributed by atoms with Gasteiger partial charge in [-0.15, -0.1) is 0 Å². The molecule has 1 aliphatic rings. The van der Waals surface area contributed by atoms with Crippen molar-refractivity contribution in [3.63, 3.8) is 0 Å². The summed E-state index contributed by atoms with van der Waals surface area (Å²) in [6, 6.07) is 21.6. The monoisotopic (exact) mass is 493 g/mol. The van der Waals surface area contributed by atoms with E-state index < -0.39 is 11.7 Å². The first-order valence-electron chi connectivity index (χ1n) is 11.9. The van der Waals surface area contributed by atoms with Crippen LogP contribution in [0.3, 0.4) is 0 Å². The van der Waals surface area contributed by atoms with Gasteiger partial charge in [0.05, 0.1) is 17.6 Å². The Bertz CT molecular complexity index is 1410. The molecule has 3 aromatic carbocycles. The molecule has 0 aliphatic carbocycles. The molecule has 8 heteroatoms. The number of anilines is 2. The summed E-state index contributed by atoms with van der Waals surface area (Å²) in [6.07, 6.45) is -2.33. The third-order valence-electron chi connectivity index (χ3n) is 6.38. The largest absolute Gasteiger partial charge is 0.490 e. The van der Waals surface area contributed by atoms with Gasteiger partial charge in [-0.05, 0) is 85.4 Å². The van der Waals surface area contributed by atoms with Crippen molar-refractivity contribution in [2.45, 2.75) is 31.7 Å². The minimum Gasteiger partial charge on any atom is -0.490 e. The van der Waals surface area contributed by atoms with E-state index in [4.69, 9.17) is 4.74 Å². The van der Waals surface area contributed by atoms with Gasteiger partial charge in [0, 0.05) is 17.4 Å². The lowest BCUT2D eigenvalue weighted by molar-refractivity contribution is -0.138. The Hall–Kier alpha value is -3.78. The van der Waals surface area contributed by atoms with E-state index in [0.29, 0.717) is 5.52 Å². The first kappa shape index (κ1) is 23.9. The fourth-order valence-electron chi connectivity index (χ4n) is 4.52. The third-order valence-corrected chi connectivity index (χ3v) is 6.38. The molecule has 36 heavy (non-hydrogen) atoms. The summed E-state index contributed by atoms with van der Waals surface area (Å²) in [7, 11) is 0. The Kier molecular flexibility index (Phi) is 6.69. The summed E-state index contributed by atoms with van der Waals surface area (Å²) in [5.41, 5.74) is 1.04. The first-order chi connectivity index (χ1) is 17.4. The van der Waals surface area contributed by atoms with Gasteiger partial charge < -0.3 is 19.9 Å². The summed E-state index contributed by atoms with van der Waals surface area (Å²) in [6.45, 7) is 1.73. The Morgan fingerprint density at radius 3 is 2.36 bits per heavy atom. The number of benzene rings is 3. The van der Waals surface area contributed by atoms with Gasteiger partial charge in [0.15, 0.2) is 0 Å². The lowest BCUT2D eigenvalue weighted by Gasteiger charge is -2.23. The SMILES string of the molecule is O=c1ccc2ccc(Nc3ccc(OC4CCNCC4)cc3)cc2n1Cc1ccccc1C(F)(F)F. The van der Waals surface area contributed by atoms with Gasteiger partial charge in [0.2, 0.25) is 0 Å². The molecule has 1 aliphatic heterocycles. The predicted molar refractivity (Wildman–Crippen MR) is 135 cm³/mol. The van der Waals surface area contributed by atoms with E-state index in [2.05, 4.69) is 10.6 Å². The molecular formula is C28H26F3N3O2. The molecule has 0 spiro atoms. The second-order valence-corrected chi connectivity index (χ2v) is 8.90. The van der Waals surface area contributed by atoms with Crippen molar-refractivity contribution in [3.05, 3.63) is 100 Å². The zero-order valence-corrected chi connectivity index (χ0v) is 19.5. The van der Waals surface area contributed by atoms with Crippen LogP contribution in [0.4, 0.5) is 24.5 Å².